The molecule has 2 N–H and O–H groups in total. The summed E-state index contributed by atoms with van der Waals surface area (Å²) in [6.07, 6.45) is 1.19. The third-order valence-corrected chi connectivity index (χ3v) is 3.69. The molecular weight excluding hydrogens is 351 g/mol. The van der Waals surface area contributed by atoms with E-state index >= 15 is 0 Å². The Labute approximate surface area is 136 Å². The normalized spacial score (nSPS) is 15.1. The highest BCUT2D eigenvalue weighted by molar-refractivity contribution is 14.0. The van der Waals surface area contributed by atoms with Gasteiger partial charge in [0.25, 0.3) is 0 Å². The van der Waals surface area contributed by atoms with Crippen LogP contribution in [0.15, 0.2) is 4.99 Å². The first kappa shape index (κ1) is 21.3. The lowest BCUT2D eigenvalue weighted by Gasteiger charge is -2.25. The maximum absolute atomic E-state index is 4.25. The Morgan fingerprint density at radius 2 is 1.79 bits per heavy atom. The molecule has 0 amide bonds. The second kappa shape index (κ2) is 11.8. The van der Waals surface area contributed by atoms with Crippen molar-refractivity contribution in [3.8, 4) is 0 Å². The molecule has 0 spiro atoms. The van der Waals surface area contributed by atoms with Crippen LogP contribution in [0.4, 0.5) is 0 Å². The summed E-state index contributed by atoms with van der Waals surface area (Å²) in [6.45, 7) is 13.0. The maximum Gasteiger partial charge on any atom is 0.191 e. The molecule has 2 unspecified atom stereocenters. The van der Waals surface area contributed by atoms with Crippen LogP contribution in [0.2, 0.25) is 0 Å². The van der Waals surface area contributed by atoms with E-state index in [1.54, 1.807) is 0 Å². The summed E-state index contributed by atoms with van der Waals surface area (Å²) in [5, 5.41) is 6.77. The van der Waals surface area contributed by atoms with Crippen molar-refractivity contribution in [2.24, 2.45) is 10.9 Å². The van der Waals surface area contributed by atoms with Crippen LogP contribution in [-0.2, 0) is 0 Å². The zero-order chi connectivity index (χ0) is 14.1. The van der Waals surface area contributed by atoms with E-state index in [0.717, 1.165) is 19.0 Å². The Bertz CT molecular complexity index is 244. The molecule has 0 saturated carbocycles. The number of hydrogen-bond donors (Lipinski definition) is 2. The van der Waals surface area contributed by atoms with Crippen molar-refractivity contribution in [3.63, 3.8) is 0 Å². The second-order valence-corrected chi connectivity index (χ2v) is 5.41. The Balaban J connectivity index is 0. The van der Waals surface area contributed by atoms with E-state index in [1.165, 1.54) is 6.42 Å². The van der Waals surface area contributed by atoms with Crippen molar-refractivity contribution in [2.75, 3.05) is 27.2 Å². The van der Waals surface area contributed by atoms with Gasteiger partial charge in [-0.15, -0.1) is 24.0 Å². The fraction of sp³-hybridized carbons (Fsp3) is 0.929. The predicted molar refractivity (Wildman–Crippen MR) is 96.6 cm³/mol. The monoisotopic (exact) mass is 384 g/mol. The van der Waals surface area contributed by atoms with E-state index in [1.807, 2.05) is 7.05 Å². The number of rotatable bonds is 7. The molecule has 4 nitrogen and oxygen atoms in total. The summed E-state index contributed by atoms with van der Waals surface area (Å²) in [5.74, 6) is 1.50. The molecule has 0 aliphatic carbocycles. The van der Waals surface area contributed by atoms with Gasteiger partial charge in [0, 0.05) is 32.2 Å². The fourth-order valence-electron chi connectivity index (χ4n) is 1.46. The molecule has 0 aliphatic rings. The SMILES string of the molecule is CCC(C)N(C)CCNC(=NC)NC(C)C(C)C.I. The number of likely N-dealkylation sites (N-methyl/N-ethyl adjacent to an activating group) is 1. The zero-order valence-corrected chi connectivity index (χ0v) is 16.0. The smallest absolute Gasteiger partial charge is 0.191 e. The van der Waals surface area contributed by atoms with Crippen LogP contribution in [0.5, 0.6) is 0 Å². The summed E-state index contributed by atoms with van der Waals surface area (Å²) in [7, 11) is 3.99. The third kappa shape index (κ3) is 9.49. The zero-order valence-electron chi connectivity index (χ0n) is 13.7. The highest BCUT2D eigenvalue weighted by Crippen LogP contribution is 2.00. The molecule has 0 bridgehead atoms. The number of guanidine groups is 1. The van der Waals surface area contributed by atoms with Gasteiger partial charge in [-0.3, -0.25) is 4.99 Å². The molecule has 0 saturated heterocycles. The largest absolute Gasteiger partial charge is 0.355 e. The third-order valence-electron chi connectivity index (χ3n) is 3.69. The topological polar surface area (TPSA) is 39.7 Å². The number of halogens is 1. The molecule has 2 atom stereocenters. The number of nitrogens with zero attached hydrogens (tertiary/aromatic N) is 2. The summed E-state index contributed by atoms with van der Waals surface area (Å²) >= 11 is 0. The Morgan fingerprint density at radius 3 is 2.21 bits per heavy atom. The summed E-state index contributed by atoms with van der Waals surface area (Å²) in [6, 6.07) is 1.07. The first-order chi connectivity index (χ1) is 8.42. The average molecular weight is 384 g/mol. The van der Waals surface area contributed by atoms with Gasteiger partial charge in [-0.25, -0.2) is 0 Å². The fourth-order valence-corrected chi connectivity index (χ4v) is 1.46. The van der Waals surface area contributed by atoms with E-state index in [-0.39, 0.29) is 24.0 Å². The first-order valence-electron chi connectivity index (χ1n) is 7.09. The molecule has 0 fully saturated rings. The summed E-state index contributed by atoms with van der Waals surface area (Å²) in [5.41, 5.74) is 0. The number of hydrogen-bond acceptors (Lipinski definition) is 2. The number of aliphatic imine (C=N–C) groups is 1. The van der Waals surface area contributed by atoms with Crippen molar-refractivity contribution in [3.05, 3.63) is 0 Å². The van der Waals surface area contributed by atoms with Gasteiger partial charge >= 0.3 is 0 Å². The van der Waals surface area contributed by atoms with Crippen molar-refractivity contribution < 1.29 is 0 Å². The van der Waals surface area contributed by atoms with Gasteiger partial charge in [0.05, 0.1) is 0 Å². The van der Waals surface area contributed by atoms with Crippen LogP contribution in [-0.4, -0.2) is 50.1 Å². The molecule has 5 heteroatoms. The lowest BCUT2D eigenvalue weighted by atomic mass is 10.1. The molecule has 0 aliphatic heterocycles. The molecule has 0 radical (unpaired) electrons. The number of nitrogens with one attached hydrogen (secondary N) is 2. The summed E-state index contributed by atoms with van der Waals surface area (Å²) in [4.78, 5) is 6.62. The van der Waals surface area contributed by atoms with Crippen LogP contribution in [0.25, 0.3) is 0 Å². The van der Waals surface area contributed by atoms with Crippen LogP contribution in [0.3, 0.4) is 0 Å². The molecule has 0 rings (SSSR count). The van der Waals surface area contributed by atoms with Gasteiger partial charge in [-0.2, -0.15) is 0 Å². The van der Waals surface area contributed by atoms with E-state index in [2.05, 4.69) is 62.2 Å². The first-order valence-corrected chi connectivity index (χ1v) is 7.09. The van der Waals surface area contributed by atoms with E-state index < -0.39 is 0 Å². The quantitative estimate of drug-likeness (QED) is 0.403. The van der Waals surface area contributed by atoms with Gasteiger partial charge in [0.15, 0.2) is 5.96 Å². The minimum absolute atomic E-state index is 0. The lowest BCUT2D eigenvalue weighted by molar-refractivity contribution is 0.255. The highest BCUT2D eigenvalue weighted by atomic mass is 127. The Hall–Kier alpha value is -0.0400. The van der Waals surface area contributed by atoms with Crippen molar-refractivity contribution in [1.82, 2.24) is 15.5 Å². The van der Waals surface area contributed by atoms with E-state index in [4.69, 9.17) is 0 Å². The van der Waals surface area contributed by atoms with Gasteiger partial charge in [-0.05, 0) is 33.2 Å². The van der Waals surface area contributed by atoms with Crippen molar-refractivity contribution in [2.45, 2.75) is 53.1 Å². The van der Waals surface area contributed by atoms with Crippen molar-refractivity contribution in [1.29, 1.82) is 0 Å². The lowest BCUT2D eigenvalue weighted by Crippen LogP contribution is -2.46. The molecule has 0 aromatic heterocycles. The van der Waals surface area contributed by atoms with Crippen LogP contribution in [0.1, 0.15) is 41.0 Å². The minimum Gasteiger partial charge on any atom is -0.355 e. The van der Waals surface area contributed by atoms with Gasteiger partial charge < -0.3 is 15.5 Å². The average Bonchev–Trinajstić information content (AvgIpc) is 2.35. The molecule has 0 aromatic carbocycles. The Kier molecular flexibility index (Phi) is 13.2. The van der Waals surface area contributed by atoms with Crippen molar-refractivity contribution >= 4 is 29.9 Å². The maximum atomic E-state index is 4.25. The van der Waals surface area contributed by atoms with E-state index in [9.17, 15) is 0 Å². The second-order valence-electron chi connectivity index (χ2n) is 5.41. The minimum atomic E-state index is 0. The summed E-state index contributed by atoms with van der Waals surface area (Å²) < 4.78 is 0. The molecule has 19 heavy (non-hydrogen) atoms. The van der Waals surface area contributed by atoms with Crippen LogP contribution >= 0.6 is 24.0 Å². The standard InChI is InChI=1S/C14H32N4.HI/c1-8-12(4)18(7)10-9-16-14(15-6)17-13(5)11(2)3;/h11-13H,8-10H2,1-7H3,(H2,15,16,17);1H. The van der Waals surface area contributed by atoms with Gasteiger partial charge in [0.1, 0.15) is 0 Å². The van der Waals surface area contributed by atoms with Gasteiger partial charge in [0.2, 0.25) is 0 Å². The molecule has 0 heterocycles. The van der Waals surface area contributed by atoms with Gasteiger partial charge in [-0.1, -0.05) is 20.8 Å². The molecular formula is C14H33IN4. The molecule has 116 valence electrons. The predicted octanol–water partition coefficient (Wildman–Crippen LogP) is 2.54. The molecule has 0 aromatic rings. The Morgan fingerprint density at radius 1 is 1.21 bits per heavy atom. The highest BCUT2D eigenvalue weighted by Gasteiger charge is 2.09. The van der Waals surface area contributed by atoms with Crippen LogP contribution in [0, 0.1) is 5.92 Å². The van der Waals surface area contributed by atoms with E-state index in [0.29, 0.717) is 18.0 Å². The van der Waals surface area contributed by atoms with Crippen LogP contribution < -0.4 is 10.6 Å².